The lowest BCUT2D eigenvalue weighted by Gasteiger charge is -2.31. The van der Waals surface area contributed by atoms with Gasteiger partial charge in [-0.25, -0.2) is 0 Å². The van der Waals surface area contributed by atoms with Gasteiger partial charge in [0.15, 0.2) is 0 Å². The molecule has 162 valence electrons. The van der Waals surface area contributed by atoms with Gasteiger partial charge in [-0.15, -0.1) is 11.8 Å². The Morgan fingerprint density at radius 3 is 2.10 bits per heavy atom. The van der Waals surface area contributed by atoms with E-state index >= 15 is 0 Å². The first-order valence-corrected chi connectivity index (χ1v) is 11.8. The van der Waals surface area contributed by atoms with Gasteiger partial charge in [-0.1, -0.05) is 42.3 Å². The highest BCUT2D eigenvalue weighted by atomic mass is 35.5. The molecule has 0 aliphatic carbocycles. The van der Waals surface area contributed by atoms with Crippen molar-refractivity contribution in [2.24, 2.45) is 0 Å². The van der Waals surface area contributed by atoms with Gasteiger partial charge in [0, 0.05) is 39.7 Å². The number of benzene rings is 2. The smallest absolute Gasteiger partial charge is 0.243 e. The Bertz CT molecular complexity index is 826. The van der Waals surface area contributed by atoms with Gasteiger partial charge in [-0.05, 0) is 62.2 Å². The Hall–Kier alpha value is -1.69. The zero-order valence-electron chi connectivity index (χ0n) is 17.5. The largest absolute Gasteiger partial charge is 0.352 e. The maximum absolute atomic E-state index is 13.1. The Labute approximate surface area is 193 Å². The highest BCUT2D eigenvalue weighted by Gasteiger charge is 2.28. The van der Waals surface area contributed by atoms with Crippen molar-refractivity contribution in [3.8, 4) is 0 Å². The summed E-state index contributed by atoms with van der Waals surface area (Å²) in [6.07, 6.45) is 0.883. The second-order valence-corrected chi connectivity index (χ2v) is 9.33. The quantitative estimate of drug-likeness (QED) is 0.449. The molecule has 2 aromatic rings. The first-order valence-electron chi connectivity index (χ1n) is 10.0. The number of carbonyl (C=O) groups is 2. The molecule has 0 saturated heterocycles. The molecule has 0 saturated carbocycles. The van der Waals surface area contributed by atoms with Crippen LogP contribution in [0.15, 0.2) is 53.4 Å². The second kappa shape index (κ2) is 12.2. The molecular formula is C23H28Cl2N2O2S. The average molecular weight is 467 g/mol. The summed E-state index contributed by atoms with van der Waals surface area (Å²) in [5, 5.41) is 4.27. The number of carbonyl (C=O) groups excluding carboxylic acids is 2. The lowest BCUT2D eigenvalue weighted by Crippen LogP contribution is -2.50. The zero-order chi connectivity index (χ0) is 22.1. The number of amides is 2. The van der Waals surface area contributed by atoms with Crippen LogP contribution in [0.2, 0.25) is 10.0 Å². The standard InChI is InChI=1S/C23H28Cl2N2O2S/c1-4-21(23(29)26-16(2)3)27(15-17-5-7-18(24)8-6-17)22(28)13-14-30-20-11-9-19(25)10-12-20/h5-12,16,21H,4,13-15H2,1-3H3,(H,26,29)/t21-/m1/s1. The lowest BCUT2D eigenvalue weighted by molar-refractivity contribution is -0.141. The van der Waals surface area contributed by atoms with Crippen LogP contribution in [-0.2, 0) is 16.1 Å². The minimum Gasteiger partial charge on any atom is -0.352 e. The fourth-order valence-corrected chi connectivity index (χ4v) is 4.11. The number of halogens is 2. The summed E-state index contributed by atoms with van der Waals surface area (Å²) in [6.45, 7) is 6.12. The van der Waals surface area contributed by atoms with Crippen molar-refractivity contribution in [2.75, 3.05) is 5.75 Å². The predicted molar refractivity (Wildman–Crippen MR) is 126 cm³/mol. The van der Waals surface area contributed by atoms with Gasteiger partial charge in [-0.2, -0.15) is 0 Å². The molecule has 0 unspecified atom stereocenters. The van der Waals surface area contributed by atoms with Gasteiger partial charge in [0.05, 0.1) is 0 Å². The van der Waals surface area contributed by atoms with Crippen molar-refractivity contribution in [1.29, 1.82) is 0 Å². The van der Waals surface area contributed by atoms with Crippen LogP contribution in [0.25, 0.3) is 0 Å². The van der Waals surface area contributed by atoms with Gasteiger partial charge in [0.2, 0.25) is 11.8 Å². The SMILES string of the molecule is CC[C@H](C(=O)NC(C)C)N(Cc1ccc(Cl)cc1)C(=O)CCSc1ccc(Cl)cc1. The van der Waals surface area contributed by atoms with Crippen LogP contribution < -0.4 is 5.32 Å². The molecular weight excluding hydrogens is 439 g/mol. The fourth-order valence-electron chi connectivity index (χ4n) is 3.02. The molecule has 0 fully saturated rings. The van der Waals surface area contributed by atoms with Gasteiger partial charge in [0.1, 0.15) is 6.04 Å². The average Bonchev–Trinajstić information content (AvgIpc) is 2.70. The zero-order valence-corrected chi connectivity index (χ0v) is 19.9. The molecule has 0 aliphatic rings. The molecule has 2 aromatic carbocycles. The van der Waals surface area contributed by atoms with Gasteiger partial charge >= 0.3 is 0 Å². The predicted octanol–water partition coefficient (Wildman–Crippen LogP) is 5.81. The van der Waals surface area contributed by atoms with Crippen LogP contribution >= 0.6 is 35.0 Å². The van der Waals surface area contributed by atoms with Crippen LogP contribution in [0.3, 0.4) is 0 Å². The van der Waals surface area contributed by atoms with E-state index in [4.69, 9.17) is 23.2 Å². The normalized spacial score (nSPS) is 11.9. The van der Waals surface area contributed by atoms with Crippen molar-refractivity contribution in [1.82, 2.24) is 10.2 Å². The van der Waals surface area contributed by atoms with Crippen LogP contribution in [0.4, 0.5) is 0 Å². The third-order valence-corrected chi connectivity index (χ3v) is 6.00. The summed E-state index contributed by atoms with van der Waals surface area (Å²) < 4.78 is 0. The molecule has 0 radical (unpaired) electrons. The van der Waals surface area contributed by atoms with Gasteiger partial charge in [0.25, 0.3) is 0 Å². The maximum Gasteiger partial charge on any atom is 0.243 e. The molecule has 0 heterocycles. The lowest BCUT2D eigenvalue weighted by atomic mass is 10.1. The van der Waals surface area contributed by atoms with E-state index in [0.29, 0.717) is 35.2 Å². The van der Waals surface area contributed by atoms with Crippen molar-refractivity contribution in [3.63, 3.8) is 0 Å². The molecule has 4 nitrogen and oxygen atoms in total. The Balaban J connectivity index is 2.11. The maximum atomic E-state index is 13.1. The molecule has 0 bridgehead atoms. The molecule has 1 N–H and O–H groups in total. The van der Waals surface area contributed by atoms with E-state index in [2.05, 4.69) is 5.32 Å². The number of nitrogens with zero attached hydrogens (tertiary/aromatic N) is 1. The van der Waals surface area contributed by atoms with E-state index in [1.54, 1.807) is 28.8 Å². The summed E-state index contributed by atoms with van der Waals surface area (Å²) in [5.74, 6) is 0.456. The van der Waals surface area contributed by atoms with E-state index in [-0.39, 0.29) is 17.9 Å². The van der Waals surface area contributed by atoms with Crippen LogP contribution in [0, 0.1) is 0 Å². The molecule has 1 atom stereocenters. The summed E-state index contributed by atoms with van der Waals surface area (Å²) in [6, 6.07) is 14.4. The van der Waals surface area contributed by atoms with Gasteiger partial charge in [-0.3, -0.25) is 9.59 Å². The third kappa shape index (κ3) is 7.86. The molecule has 2 amide bonds. The molecule has 0 aliphatic heterocycles. The number of nitrogens with one attached hydrogen (secondary N) is 1. The minimum absolute atomic E-state index is 0.0134. The monoisotopic (exact) mass is 466 g/mol. The highest BCUT2D eigenvalue weighted by Crippen LogP contribution is 2.22. The van der Waals surface area contributed by atoms with Crippen molar-refractivity contribution in [2.45, 2.75) is 57.1 Å². The first kappa shape index (κ1) is 24.6. The van der Waals surface area contributed by atoms with Crippen LogP contribution in [-0.4, -0.2) is 34.6 Å². The van der Waals surface area contributed by atoms with E-state index < -0.39 is 6.04 Å². The third-order valence-electron chi connectivity index (χ3n) is 4.48. The first-order chi connectivity index (χ1) is 14.3. The number of hydrogen-bond acceptors (Lipinski definition) is 3. The molecule has 30 heavy (non-hydrogen) atoms. The van der Waals surface area contributed by atoms with E-state index in [9.17, 15) is 9.59 Å². The highest BCUT2D eigenvalue weighted by molar-refractivity contribution is 7.99. The van der Waals surface area contributed by atoms with Crippen molar-refractivity contribution < 1.29 is 9.59 Å². The fraction of sp³-hybridized carbons (Fsp3) is 0.391. The van der Waals surface area contributed by atoms with Crippen LogP contribution in [0.5, 0.6) is 0 Å². The van der Waals surface area contributed by atoms with Gasteiger partial charge < -0.3 is 10.2 Å². The molecule has 7 heteroatoms. The minimum atomic E-state index is -0.517. The Morgan fingerprint density at radius 2 is 1.57 bits per heavy atom. The topological polar surface area (TPSA) is 49.4 Å². The molecule has 2 rings (SSSR count). The van der Waals surface area contributed by atoms with E-state index in [1.165, 1.54) is 0 Å². The van der Waals surface area contributed by atoms with Crippen LogP contribution in [0.1, 0.15) is 39.2 Å². The molecule has 0 aromatic heterocycles. The summed E-state index contributed by atoms with van der Waals surface area (Å²) in [7, 11) is 0. The summed E-state index contributed by atoms with van der Waals surface area (Å²) in [5.41, 5.74) is 0.939. The number of rotatable bonds is 10. The van der Waals surface area contributed by atoms with Crippen molar-refractivity contribution in [3.05, 3.63) is 64.1 Å². The number of thioether (sulfide) groups is 1. The van der Waals surface area contributed by atoms with E-state index in [1.807, 2.05) is 57.2 Å². The van der Waals surface area contributed by atoms with Crippen molar-refractivity contribution >= 4 is 46.8 Å². The number of hydrogen-bond donors (Lipinski definition) is 1. The Kier molecular flexibility index (Phi) is 10.0. The summed E-state index contributed by atoms with van der Waals surface area (Å²) >= 11 is 13.5. The summed E-state index contributed by atoms with van der Waals surface area (Å²) in [4.78, 5) is 28.6. The Morgan fingerprint density at radius 1 is 1.00 bits per heavy atom. The van der Waals surface area contributed by atoms with E-state index in [0.717, 1.165) is 10.5 Å². The molecule has 0 spiro atoms. The second-order valence-electron chi connectivity index (χ2n) is 7.29.